The highest BCUT2D eigenvalue weighted by Gasteiger charge is 2.72. The monoisotopic (exact) mass is 396 g/mol. The molecule has 0 amide bonds. The minimum absolute atomic E-state index is 0.219. The number of nitrogens with one attached hydrogen (secondary N) is 2. The highest BCUT2D eigenvalue weighted by Crippen LogP contribution is 2.44. The van der Waals surface area contributed by atoms with Crippen LogP contribution in [0.3, 0.4) is 0 Å². The summed E-state index contributed by atoms with van der Waals surface area (Å²) in [4.78, 5) is -0.219. The SMILES string of the molecule is Cc1ccc(S(=O)NC(Nc2ccccc2)(C(F)(F)F)C(F)(F)F)cc1. The molecule has 1 unspecified atom stereocenters. The summed E-state index contributed by atoms with van der Waals surface area (Å²) in [6.07, 6.45) is -11.7. The van der Waals surface area contributed by atoms with E-state index in [1.807, 2.05) is 0 Å². The van der Waals surface area contributed by atoms with Crippen LogP contribution in [0.5, 0.6) is 0 Å². The smallest absolute Gasteiger partial charge is 0.352 e. The van der Waals surface area contributed by atoms with Gasteiger partial charge >= 0.3 is 12.4 Å². The third kappa shape index (κ3) is 4.18. The first kappa shape index (κ1) is 20.2. The molecule has 0 spiro atoms. The van der Waals surface area contributed by atoms with Gasteiger partial charge in [-0.3, -0.25) is 0 Å². The second kappa shape index (κ2) is 7.28. The van der Waals surface area contributed by atoms with Crippen molar-refractivity contribution in [3.8, 4) is 0 Å². The van der Waals surface area contributed by atoms with E-state index in [4.69, 9.17) is 0 Å². The molecule has 0 aliphatic heterocycles. The molecule has 0 radical (unpaired) electrons. The number of para-hydroxylation sites is 1. The summed E-state index contributed by atoms with van der Waals surface area (Å²) in [5.41, 5.74) is -4.32. The molecular weight excluding hydrogens is 382 g/mol. The molecule has 2 aromatic rings. The number of anilines is 1. The van der Waals surface area contributed by atoms with Crippen LogP contribution in [0, 0.1) is 6.92 Å². The first-order valence-electron chi connectivity index (χ1n) is 7.19. The maximum atomic E-state index is 13.5. The molecule has 0 heterocycles. The number of halogens is 6. The molecule has 142 valence electrons. The van der Waals surface area contributed by atoms with Gasteiger partial charge in [0, 0.05) is 5.69 Å². The average Bonchev–Trinajstić information content (AvgIpc) is 2.53. The fourth-order valence-electron chi connectivity index (χ4n) is 2.04. The van der Waals surface area contributed by atoms with E-state index in [9.17, 15) is 30.6 Å². The van der Waals surface area contributed by atoms with E-state index in [2.05, 4.69) is 0 Å². The van der Waals surface area contributed by atoms with Crippen LogP contribution >= 0.6 is 0 Å². The first-order valence-corrected chi connectivity index (χ1v) is 8.34. The van der Waals surface area contributed by atoms with Crippen LogP contribution < -0.4 is 10.0 Å². The van der Waals surface area contributed by atoms with Gasteiger partial charge in [0.1, 0.15) is 11.0 Å². The number of alkyl halides is 6. The van der Waals surface area contributed by atoms with E-state index < -0.39 is 34.7 Å². The maximum Gasteiger partial charge on any atom is 0.435 e. The summed E-state index contributed by atoms with van der Waals surface area (Å²) in [5, 5.41) is 1.43. The fraction of sp³-hybridized carbons (Fsp3) is 0.250. The number of hydrogen-bond acceptors (Lipinski definition) is 2. The Labute approximate surface area is 148 Å². The van der Waals surface area contributed by atoms with Crippen molar-refractivity contribution in [1.29, 1.82) is 0 Å². The molecule has 2 N–H and O–H groups in total. The lowest BCUT2D eigenvalue weighted by Gasteiger charge is -2.38. The van der Waals surface area contributed by atoms with Crippen LogP contribution in [-0.4, -0.2) is 22.2 Å². The second-order valence-corrected chi connectivity index (χ2v) is 6.63. The molecule has 3 nitrogen and oxygen atoms in total. The summed E-state index contributed by atoms with van der Waals surface area (Å²) >= 11 is 0. The summed E-state index contributed by atoms with van der Waals surface area (Å²) < 4.78 is 94.5. The molecular formula is C16H14F6N2OS. The van der Waals surface area contributed by atoms with Crippen LogP contribution in [0.2, 0.25) is 0 Å². The third-order valence-electron chi connectivity index (χ3n) is 3.44. The molecule has 26 heavy (non-hydrogen) atoms. The van der Waals surface area contributed by atoms with Crippen molar-refractivity contribution >= 4 is 16.7 Å². The molecule has 0 aromatic heterocycles. The summed E-state index contributed by atoms with van der Waals surface area (Å²) in [5.74, 6) is 0. The third-order valence-corrected chi connectivity index (χ3v) is 4.63. The summed E-state index contributed by atoms with van der Waals surface area (Å²) in [6.45, 7) is 1.67. The average molecular weight is 396 g/mol. The minimum Gasteiger partial charge on any atom is -0.352 e. The minimum atomic E-state index is -5.83. The molecule has 10 heteroatoms. The predicted molar refractivity (Wildman–Crippen MR) is 85.6 cm³/mol. The lowest BCUT2D eigenvalue weighted by atomic mass is 10.1. The summed E-state index contributed by atoms with van der Waals surface area (Å²) in [7, 11) is -2.78. The Kier molecular flexibility index (Phi) is 5.67. The Hall–Kier alpha value is -2.07. The van der Waals surface area contributed by atoms with Crippen LogP contribution in [0.4, 0.5) is 32.0 Å². The molecule has 0 aliphatic rings. The Balaban J connectivity index is 2.48. The molecule has 0 aliphatic carbocycles. The predicted octanol–water partition coefficient (Wildman–Crippen LogP) is 4.54. The van der Waals surface area contributed by atoms with Crippen LogP contribution in [-0.2, 0) is 11.0 Å². The van der Waals surface area contributed by atoms with Gasteiger partial charge < -0.3 is 5.32 Å². The van der Waals surface area contributed by atoms with Crippen molar-refractivity contribution in [3.05, 3.63) is 60.2 Å². The molecule has 0 fully saturated rings. The highest BCUT2D eigenvalue weighted by atomic mass is 32.2. The summed E-state index contributed by atoms with van der Waals surface area (Å²) in [6, 6.07) is 11.3. The van der Waals surface area contributed by atoms with Crippen molar-refractivity contribution in [2.75, 3.05) is 5.32 Å². The van der Waals surface area contributed by atoms with Crippen LogP contribution in [0.1, 0.15) is 5.56 Å². The highest BCUT2D eigenvalue weighted by molar-refractivity contribution is 7.83. The first-order chi connectivity index (χ1) is 12.0. The number of rotatable bonds is 5. The van der Waals surface area contributed by atoms with E-state index in [-0.39, 0.29) is 4.90 Å². The standard InChI is InChI=1S/C16H14F6N2OS/c1-11-7-9-13(10-8-11)26(25)24-14(15(17,18)19,16(20,21)22)23-12-5-3-2-4-6-12/h2-10,23-24H,1H3. The van der Waals surface area contributed by atoms with Crippen molar-refractivity contribution in [3.63, 3.8) is 0 Å². The van der Waals surface area contributed by atoms with Gasteiger partial charge in [-0.2, -0.15) is 31.1 Å². The number of aryl methyl sites for hydroxylation is 1. The lowest BCUT2D eigenvalue weighted by molar-refractivity contribution is -0.291. The lowest BCUT2D eigenvalue weighted by Crippen LogP contribution is -2.71. The molecule has 0 saturated carbocycles. The van der Waals surface area contributed by atoms with Crippen molar-refractivity contribution < 1.29 is 30.6 Å². The van der Waals surface area contributed by atoms with Gasteiger partial charge in [0.25, 0.3) is 5.66 Å². The second-order valence-electron chi connectivity index (χ2n) is 5.42. The van der Waals surface area contributed by atoms with Gasteiger partial charge in [-0.15, -0.1) is 0 Å². The van der Waals surface area contributed by atoms with Crippen LogP contribution in [0.25, 0.3) is 0 Å². The topological polar surface area (TPSA) is 41.1 Å². The van der Waals surface area contributed by atoms with Gasteiger partial charge in [-0.05, 0) is 31.2 Å². The van der Waals surface area contributed by atoms with Gasteiger partial charge in [0.05, 0.1) is 4.90 Å². The number of hydrogen-bond donors (Lipinski definition) is 2. The quantitative estimate of drug-likeness (QED) is 0.576. The Morgan fingerprint density at radius 2 is 1.31 bits per heavy atom. The zero-order valence-electron chi connectivity index (χ0n) is 13.3. The van der Waals surface area contributed by atoms with E-state index in [0.717, 1.165) is 12.1 Å². The molecule has 0 saturated heterocycles. The van der Waals surface area contributed by atoms with Crippen molar-refractivity contribution in [1.82, 2.24) is 4.72 Å². The van der Waals surface area contributed by atoms with E-state index in [0.29, 0.717) is 5.56 Å². The van der Waals surface area contributed by atoms with Gasteiger partial charge in [0.2, 0.25) is 0 Å². The van der Waals surface area contributed by atoms with Crippen LogP contribution in [0.15, 0.2) is 59.5 Å². The van der Waals surface area contributed by atoms with Gasteiger partial charge in [-0.25, -0.2) is 4.21 Å². The molecule has 2 aromatic carbocycles. The zero-order chi connectivity index (χ0) is 19.6. The van der Waals surface area contributed by atoms with E-state index in [1.54, 1.807) is 6.92 Å². The Bertz CT molecular complexity index is 745. The maximum absolute atomic E-state index is 13.5. The number of benzene rings is 2. The molecule has 2 rings (SSSR count). The van der Waals surface area contributed by atoms with Gasteiger partial charge in [0.15, 0.2) is 0 Å². The van der Waals surface area contributed by atoms with Crippen molar-refractivity contribution in [2.24, 2.45) is 0 Å². The van der Waals surface area contributed by atoms with E-state index in [1.165, 1.54) is 52.5 Å². The largest absolute Gasteiger partial charge is 0.435 e. The Morgan fingerprint density at radius 1 is 0.808 bits per heavy atom. The molecule has 0 bridgehead atoms. The molecule has 1 atom stereocenters. The Morgan fingerprint density at radius 3 is 1.77 bits per heavy atom. The fourth-order valence-corrected chi connectivity index (χ4v) is 3.10. The normalized spacial score (nSPS) is 14.1. The van der Waals surface area contributed by atoms with E-state index >= 15 is 0 Å². The van der Waals surface area contributed by atoms with Crippen molar-refractivity contribution in [2.45, 2.75) is 29.8 Å². The zero-order valence-corrected chi connectivity index (χ0v) is 14.1. The van der Waals surface area contributed by atoms with Gasteiger partial charge in [-0.1, -0.05) is 35.9 Å².